The van der Waals surface area contributed by atoms with Gasteiger partial charge in [0.05, 0.1) is 13.2 Å². The first-order valence-corrected chi connectivity index (χ1v) is 11.4. The number of hydrogen-bond donors (Lipinski definition) is 4. The smallest absolute Gasteiger partial charge is 0.402 e. The van der Waals surface area contributed by atoms with E-state index in [0.717, 1.165) is 6.92 Å². The van der Waals surface area contributed by atoms with Gasteiger partial charge in [0, 0.05) is 0 Å². The van der Waals surface area contributed by atoms with Gasteiger partial charge in [-0.1, -0.05) is 36.4 Å². The van der Waals surface area contributed by atoms with Crippen LogP contribution < -0.4 is 9.47 Å². The summed E-state index contributed by atoms with van der Waals surface area (Å²) in [4.78, 5) is 0. The molecule has 0 saturated heterocycles. The third kappa shape index (κ3) is 6.88. The molecule has 2 unspecified atom stereocenters. The third-order valence-corrected chi connectivity index (χ3v) is 5.86. The summed E-state index contributed by atoms with van der Waals surface area (Å²) in [6, 6.07) is 8.31. The van der Waals surface area contributed by atoms with Crippen molar-refractivity contribution >= 4 is 0 Å². The summed E-state index contributed by atoms with van der Waals surface area (Å²) in [5.41, 5.74) is -1.53. The fourth-order valence-electron chi connectivity index (χ4n) is 3.66. The lowest BCUT2D eigenvalue weighted by atomic mass is 9.74. The van der Waals surface area contributed by atoms with E-state index in [-0.39, 0.29) is 48.7 Å². The number of benzene rings is 2. The summed E-state index contributed by atoms with van der Waals surface area (Å²) in [7, 11) is 0. The van der Waals surface area contributed by atoms with E-state index >= 15 is 0 Å². The van der Waals surface area contributed by atoms with Crippen LogP contribution in [0.25, 0.3) is 0 Å². The standard InChI is InChI=1S/C27H33F3O6/c1-4-6-18-12-20(8-10-24(18)35-16-22(33)14-31)26(3,27(28,29)30)21-9-11-25(19(13-21)7-5-2)36-17-23(34)15-32/h4-5,8-13,22-23,31-34H,1-2,6-7,14-17H2,3H3. The van der Waals surface area contributed by atoms with Crippen molar-refractivity contribution in [2.24, 2.45) is 0 Å². The largest absolute Gasteiger partial charge is 0.491 e. The molecule has 2 aromatic carbocycles. The van der Waals surface area contributed by atoms with Gasteiger partial charge in [0.2, 0.25) is 0 Å². The molecule has 0 spiro atoms. The highest BCUT2D eigenvalue weighted by atomic mass is 19.4. The monoisotopic (exact) mass is 510 g/mol. The molecular weight excluding hydrogens is 477 g/mol. The molecule has 2 aromatic rings. The van der Waals surface area contributed by atoms with E-state index in [1.54, 1.807) is 0 Å². The predicted octanol–water partition coefficient (Wildman–Crippen LogP) is 3.48. The fraction of sp³-hybridized carbons (Fsp3) is 0.407. The molecule has 0 amide bonds. The summed E-state index contributed by atoms with van der Waals surface area (Å²) < 4.78 is 55.1. The molecule has 0 heterocycles. The normalized spacial score (nSPS) is 15.0. The molecule has 36 heavy (non-hydrogen) atoms. The molecule has 4 N–H and O–H groups in total. The molecule has 2 rings (SSSR count). The van der Waals surface area contributed by atoms with Gasteiger partial charge in [-0.05, 0) is 54.2 Å². The van der Waals surface area contributed by atoms with Crippen LogP contribution in [0.3, 0.4) is 0 Å². The number of rotatable bonds is 14. The molecule has 0 aliphatic heterocycles. The van der Waals surface area contributed by atoms with Gasteiger partial charge in [-0.25, -0.2) is 0 Å². The van der Waals surface area contributed by atoms with Crippen LogP contribution in [0.15, 0.2) is 61.7 Å². The maximum absolute atomic E-state index is 14.7. The van der Waals surface area contributed by atoms with Crippen LogP contribution in [0.4, 0.5) is 13.2 Å². The quantitative estimate of drug-likeness (QED) is 0.291. The van der Waals surface area contributed by atoms with E-state index in [4.69, 9.17) is 19.7 Å². The van der Waals surface area contributed by atoms with Gasteiger partial charge >= 0.3 is 6.18 Å². The second kappa shape index (κ2) is 12.9. The van der Waals surface area contributed by atoms with Gasteiger partial charge in [0.1, 0.15) is 42.3 Å². The molecule has 0 saturated carbocycles. The fourth-order valence-corrected chi connectivity index (χ4v) is 3.66. The van der Waals surface area contributed by atoms with E-state index in [1.807, 2.05) is 0 Å². The lowest BCUT2D eigenvalue weighted by Crippen LogP contribution is -2.40. The van der Waals surface area contributed by atoms with Crippen molar-refractivity contribution in [3.8, 4) is 11.5 Å². The zero-order valence-corrected chi connectivity index (χ0v) is 20.2. The first kappa shape index (κ1) is 29.4. The van der Waals surface area contributed by atoms with Crippen molar-refractivity contribution in [1.29, 1.82) is 0 Å². The number of hydrogen-bond acceptors (Lipinski definition) is 6. The van der Waals surface area contributed by atoms with Gasteiger partial charge in [-0.15, -0.1) is 13.2 Å². The van der Waals surface area contributed by atoms with E-state index in [1.165, 1.54) is 48.6 Å². The third-order valence-electron chi connectivity index (χ3n) is 5.86. The Kier molecular flexibility index (Phi) is 10.5. The Hall–Kier alpha value is -2.85. The number of allylic oxidation sites excluding steroid dienone is 2. The summed E-state index contributed by atoms with van der Waals surface area (Å²) in [5.74, 6) is 0.573. The van der Waals surface area contributed by atoms with Gasteiger partial charge in [0.15, 0.2) is 0 Å². The molecule has 0 bridgehead atoms. The van der Waals surface area contributed by atoms with E-state index < -0.39 is 37.0 Å². The second-order valence-corrected chi connectivity index (χ2v) is 8.55. The lowest BCUT2D eigenvalue weighted by molar-refractivity contribution is -0.173. The van der Waals surface area contributed by atoms with E-state index in [2.05, 4.69) is 13.2 Å². The Labute approximate surface area is 208 Å². The van der Waals surface area contributed by atoms with Crippen molar-refractivity contribution in [3.05, 3.63) is 84.0 Å². The Morgan fingerprint density at radius 2 is 1.19 bits per heavy atom. The molecule has 2 atom stereocenters. The van der Waals surface area contributed by atoms with Crippen molar-refractivity contribution in [2.75, 3.05) is 26.4 Å². The van der Waals surface area contributed by atoms with Crippen LogP contribution in [-0.2, 0) is 18.3 Å². The molecule has 0 fully saturated rings. The van der Waals surface area contributed by atoms with Crippen molar-refractivity contribution in [2.45, 2.75) is 43.6 Å². The van der Waals surface area contributed by atoms with Crippen LogP contribution in [0.2, 0.25) is 0 Å². The van der Waals surface area contributed by atoms with Crippen LogP contribution >= 0.6 is 0 Å². The van der Waals surface area contributed by atoms with Crippen LogP contribution in [0.5, 0.6) is 11.5 Å². The first-order valence-electron chi connectivity index (χ1n) is 11.4. The van der Waals surface area contributed by atoms with Gasteiger partial charge < -0.3 is 29.9 Å². The number of halogens is 3. The Bertz CT molecular complexity index is 950. The minimum Gasteiger partial charge on any atom is -0.491 e. The highest BCUT2D eigenvalue weighted by Crippen LogP contribution is 2.47. The predicted molar refractivity (Wildman–Crippen MR) is 130 cm³/mol. The van der Waals surface area contributed by atoms with Crippen LogP contribution in [-0.4, -0.2) is 65.2 Å². The molecule has 0 aromatic heterocycles. The van der Waals surface area contributed by atoms with Gasteiger partial charge in [0.25, 0.3) is 0 Å². The number of alkyl halides is 3. The molecule has 0 radical (unpaired) electrons. The minimum atomic E-state index is -4.67. The Morgan fingerprint density at radius 1 is 0.806 bits per heavy atom. The summed E-state index contributed by atoms with van der Waals surface area (Å²) in [6.07, 6.45) is -3.38. The molecule has 6 nitrogen and oxygen atoms in total. The van der Waals surface area contributed by atoms with Crippen LogP contribution in [0.1, 0.15) is 29.2 Å². The highest BCUT2D eigenvalue weighted by molar-refractivity contribution is 5.50. The van der Waals surface area contributed by atoms with Crippen molar-refractivity contribution in [1.82, 2.24) is 0 Å². The van der Waals surface area contributed by atoms with Crippen LogP contribution in [0, 0.1) is 0 Å². The maximum Gasteiger partial charge on any atom is 0.402 e. The average molecular weight is 511 g/mol. The average Bonchev–Trinajstić information content (AvgIpc) is 2.85. The van der Waals surface area contributed by atoms with E-state index in [9.17, 15) is 23.4 Å². The lowest BCUT2D eigenvalue weighted by Gasteiger charge is -2.34. The molecule has 0 aliphatic rings. The summed E-state index contributed by atoms with van der Waals surface area (Å²) >= 11 is 0. The minimum absolute atomic E-state index is 0.0177. The Balaban J connectivity index is 2.58. The second-order valence-electron chi connectivity index (χ2n) is 8.55. The number of aliphatic hydroxyl groups is 4. The number of aliphatic hydroxyl groups excluding tert-OH is 4. The highest BCUT2D eigenvalue weighted by Gasteiger charge is 2.53. The molecule has 9 heteroatoms. The van der Waals surface area contributed by atoms with Gasteiger partial charge in [-0.3, -0.25) is 0 Å². The van der Waals surface area contributed by atoms with E-state index in [0.29, 0.717) is 11.1 Å². The Morgan fingerprint density at radius 3 is 1.50 bits per heavy atom. The molecule has 198 valence electrons. The van der Waals surface area contributed by atoms with Crippen molar-refractivity contribution in [3.63, 3.8) is 0 Å². The summed E-state index contributed by atoms with van der Waals surface area (Å²) in [5, 5.41) is 37.1. The topological polar surface area (TPSA) is 99.4 Å². The van der Waals surface area contributed by atoms with Gasteiger partial charge in [-0.2, -0.15) is 13.2 Å². The SMILES string of the molecule is C=CCc1cc(C(C)(c2ccc(OCC(O)CO)c(CC=C)c2)C(F)(F)F)ccc1OCC(O)CO. The summed E-state index contributed by atoms with van der Waals surface area (Å²) in [6.45, 7) is 6.98. The number of ether oxygens (including phenoxy) is 2. The first-order chi connectivity index (χ1) is 17.0. The molecular formula is C27H33F3O6. The maximum atomic E-state index is 14.7. The molecule has 0 aliphatic carbocycles. The zero-order chi connectivity index (χ0) is 26.9. The zero-order valence-electron chi connectivity index (χ0n) is 20.2. The van der Waals surface area contributed by atoms with Crippen molar-refractivity contribution < 1.29 is 43.1 Å².